The molecule has 0 aliphatic rings. The molecule has 0 spiro atoms. The summed E-state index contributed by atoms with van der Waals surface area (Å²) in [6.45, 7) is 10.2. The predicted molar refractivity (Wildman–Crippen MR) is 71.8 cm³/mol. The quantitative estimate of drug-likeness (QED) is 0.760. The van der Waals surface area contributed by atoms with Crippen LogP contribution in [0.3, 0.4) is 0 Å². The Kier molecular flexibility index (Phi) is 5.42. The number of unbranched alkanes of at least 4 members (excludes halogenated alkanes) is 1. The maximum absolute atomic E-state index is 4.31. The number of nitrogens with one attached hydrogen (secondary N) is 1. The zero-order chi connectivity index (χ0) is 12.0. The third kappa shape index (κ3) is 5.61. The summed E-state index contributed by atoms with van der Waals surface area (Å²) in [7, 11) is 0. The van der Waals surface area contributed by atoms with Crippen molar-refractivity contribution in [3.8, 4) is 0 Å². The van der Waals surface area contributed by atoms with Crippen LogP contribution in [0.4, 0.5) is 0 Å². The topological polar surface area (TPSA) is 24.9 Å². The molecule has 1 rings (SSSR count). The van der Waals surface area contributed by atoms with E-state index >= 15 is 0 Å². The van der Waals surface area contributed by atoms with E-state index in [1.165, 1.54) is 24.3 Å². The first kappa shape index (κ1) is 13.7. The summed E-state index contributed by atoms with van der Waals surface area (Å²) in [5, 5.41) is 6.74. The Labute approximate surface area is 103 Å². The van der Waals surface area contributed by atoms with Crippen molar-refractivity contribution in [1.29, 1.82) is 0 Å². The lowest BCUT2D eigenvalue weighted by Gasteiger charge is -2.18. The third-order valence-corrected chi connectivity index (χ3v) is 3.58. The van der Waals surface area contributed by atoms with Crippen LogP contribution in [0, 0.1) is 5.41 Å². The average Bonchev–Trinajstić information content (AvgIpc) is 2.67. The Morgan fingerprint density at radius 1 is 1.38 bits per heavy atom. The molecule has 1 aromatic rings. The Hall–Kier alpha value is -0.410. The van der Waals surface area contributed by atoms with Crippen molar-refractivity contribution in [2.45, 2.75) is 53.0 Å². The van der Waals surface area contributed by atoms with Gasteiger partial charge in [-0.05, 0) is 31.7 Å². The van der Waals surface area contributed by atoms with Gasteiger partial charge in [0.05, 0.1) is 6.04 Å². The average molecular weight is 240 g/mol. The van der Waals surface area contributed by atoms with Crippen LogP contribution in [0.5, 0.6) is 0 Å². The van der Waals surface area contributed by atoms with E-state index in [0.29, 0.717) is 11.5 Å². The SMILES string of the molecule is CC(NCCCCC(C)(C)C)c1nccs1. The molecule has 0 saturated carbocycles. The van der Waals surface area contributed by atoms with Crippen LogP contribution >= 0.6 is 11.3 Å². The smallest absolute Gasteiger partial charge is 0.109 e. The lowest BCUT2D eigenvalue weighted by molar-refractivity contribution is 0.356. The van der Waals surface area contributed by atoms with Crippen molar-refractivity contribution in [2.24, 2.45) is 5.41 Å². The van der Waals surface area contributed by atoms with Gasteiger partial charge in [0.25, 0.3) is 0 Å². The number of aromatic nitrogens is 1. The highest BCUT2D eigenvalue weighted by molar-refractivity contribution is 7.09. The fourth-order valence-corrected chi connectivity index (χ4v) is 2.30. The molecule has 2 nitrogen and oxygen atoms in total. The zero-order valence-electron chi connectivity index (χ0n) is 10.9. The highest BCUT2D eigenvalue weighted by atomic mass is 32.1. The summed E-state index contributed by atoms with van der Waals surface area (Å²) >= 11 is 1.73. The molecule has 1 atom stereocenters. The number of hydrogen-bond donors (Lipinski definition) is 1. The van der Waals surface area contributed by atoms with Crippen LogP contribution in [-0.2, 0) is 0 Å². The molecule has 0 bridgehead atoms. The molecule has 0 aliphatic carbocycles. The third-order valence-electron chi connectivity index (χ3n) is 2.63. The highest BCUT2D eigenvalue weighted by Crippen LogP contribution is 2.21. The Morgan fingerprint density at radius 2 is 2.12 bits per heavy atom. The molecule has 0 aromatic carbocycles. The van der Waals surface area contributed by atoms with Gasteiger partial charge < -0.3 is 5.32 Å². The molecule has 0 aliphatic heterocycles. The van der Waals surface area contributed by atoms with Gasteiger partial charge in [-0.25, -0.2) is 4.98 Å². The van der Waals surface area contributed by atoms with Gasteiger partial charge >= 0.3 is 0 Å². The van der Waals surface area contributed by atoms with E-state index in [2.05, 4.69) is 38.0 Å². The van der Waals surface area contributed by atoms with Gasteiger partial charge in [0.2, 0.25) is 0 Å². The molecule has 1 aromatic heterocycles. The van der Waals surface area contributed by atoms with Crippen molar-refractivity contribution in [3.63, 3.8) is 0 Å². The standard InChI is InChI=1S/C13H24N2S/c1-11(12-15-9-10-16-12)14-8-6-5-7-13(2,3)4/h9-11,14H,5-8H2,1-4H3. The molecule has 92 valence electrons. The lowest BCUT2D eigenvalue weighted by atomic mass is 9.90. The van der Waals surface area contributed by atoms with Gasteiger partial charge in [-0.1, -0.05) is 27.2 Å². The lowest BCUT2D eigenvalue weighted by Crippen LogP contribution is -2.20. The molecule has 0 radical (unpaired) electrons. The largest absolute Gasteiger partial charge is 0.308 e. The van der Waals surface area contributed by atoms with Crippen LogP contribution < -0.4 is 5.32 Å². The summed E-state index contributed by atoms with van der Waals surface area (Å²) in [4.78, 5) is 4.31. The second-order valence-corrected chi connectivity index (χ2v) is 6.49. The first-order valence-electron chi connectivity index (χ1n) is 6.12. The molecule has 0 amide bonds. The maximum atomic E-state index is 4.31. The van der Waals surface area contributed by atoms with Crippen molar-refractivity contribution >= 4 is 11.3 Å². The van der Waals surface area contributed by atoms with E-state index in [9.17, 15) is 0 Å². The fourth-order valence-electron chi connectivity index (χ4n) is 1.63. The van der Waals surface area contributed by atoms with E-state index in [1.807, 2.05) is 11.6 Å². The van der Waals surface area contributed by atoms with E-state index < -0.39 is 0 Å². The Bertz CT molecular complexity index is 275. The minimum atomic E-state index is 0.398. The summed E-state index contributed by atoms with van der Waals surface area (Å²) < 4.78 is 0. The first-order valence-corrected chi connectivity index (χ1v) is 7.00. The van der Waals surface area contributed by atoms with Crippen LogP contribution in [-0.4, -0.2) is 11.5 Å². The van der Waals surface area contributed by atoms with Gasteiger partial charge in [0.15, 0.2) is 0 Å². The highest BCUT2D eigenvalue weighted by Gasteiger charge is 2.10. The second kappa shape index (κ2) is 6.36. The minimum absolute atomic E-state index is 0.398. The van der Waals surface area contributed by atoms with E-state index in [0.717, 1.165) is 6.54 Å². The Morgan fingerprint density at radius 3 is 2.69 bits per heavy atom. The first-order chi connectivity index (χ1) is 7.49. The van der Waals surface area contributed by atoms with Crippen LogP contribution in [0.2, 0.25) is 0 Å². The Balaban J connectivity index is 2.08. The van der Waals surface area contributed by atoms with Crippen molar-refractivity contribution in [1.82, 2.24) is 10.3 Å². The van der Waals surface area contributed by atoms with Crippen LogP contribution in [0.25, 0.3) is 0 Å². The van der Waals surface area contributed by atoms with E-state index in [1.54, 1.807) is 11.3 Å². The monoisotopic (exact) mass is 240 g/mol. The minimum Gasteiger partial charge on any atom is -0.308 e. The summed E-state index contributed by atoms with van der Waals surface area (Å²) in [6.07, 6.45) is 5.74. The van der Waals surface area contributed by atoms with Gasteiger partial charge in [0, 0.05) is 11.6 Å². The van der Waals surface area contributed by atoms with Gasteiger partial charge in [-0.15, -0.1) is 11.3 Å². The number of hydrogen-bond acceptors (Lipinski definition) is 3. The molecule has 16 heavy (non-hydrogen) atoms. The van der Waals surface area contributed by atoms with E-state index in [-0.39, 0.29) is 0 Å². The predicted octanol–water partition coefficient (Wildman–Crippen LogP) is 4.01. The molecule has 0 fully saturated rings. The molecule has 1 N–H and O–H groups in total. The molecular weight excluding hydrogens is 216 g/mol. The number of nitrogens with zero attached hydrogens (tertiary/aromatic N) is 1. The second-order valence-electron chi connectivity index (χ2n) is 5.56. The molecular formula is C13H24N2S. The zero-order valence-corrected chi connectivity index (χ0v) is 11.7. The van der Waals surface area contributed by atoms with Crippen LogP contribution in [0.1, 0.15) is 58.0 Å². The fraction of sp³-hybridized carbons (Fsp3) is 0.769. The van der Waals surface area contributed by atoms with Gasteiger partial charge in [0.1, 0.15) is 5.01 Å². The van der Waals surface area contributed by atoms with Gasteiger partial charge in [-0.2, -0.15) is 0 Å². The maximum Gasteiger partial charge on any atom is 0.109 e. The summed E-state index contributed by atoms with van der Waals surface area (Å²) in [5.41, 5.74) is 0.473. The molecule has 1 heterocycles. The normalized spacial score (nSPS) is 14.0. The van der Waals surface area contributed by atoms with Gasteiger partial charge in [-0.3, -0.25) is 0 Å². The van der Waals surface area contributed by atoms with Crippen LogP contribution in [0.15, 0.2) is 11.6 Å². The van der Waals surface area contributed by atoms with Crippen molar-refractivity contribution < 1.29 is 0 Å². The number of thiazole rings is 1. The molecule has 0 saturated heterocycles. The number of rotatable bonds is 6. The van der Waals surface area contributed by atoms with E-state index in [4.69, 9.17) is 0 Å². The summed E-state index contributed by atoms with van der Waals surface area (Å²) in [6, 6.07) is 0.398. The summed E-state index contributed by atoms with van der Waals surface area (Å²) in [5.74, 6) is 0. The van der Waals surface area contributed by atoms with Crippen molar-refractivity contribution in [3.05, 3.63) is 16.6 Å². The van der Waals surface area contributed by atoms with Crippen molar-refractivity contribution in [2.75, 3.05) is 6.54 Å². The molecule has 1 unspecified atom stereocenters. The molecule has 3 heteroatoms.